The van der Waals surface area contributed by atoms with E-state index in [-0.39, 0.29) is 18.5 Å². The smallest absolute Gasteiger partial charge is 0.393 e. The summed E-state index contributed by atoms with van der Waals surface area (Å²) in [5, 5.41) is 8.73. The van der Waals surface area contributed by atoms with Gasteiger partial charge in [-0.2, -0.15) is 13.2 Å². The Labute approximate surface area is 107 Å². The maximum Gasteiger partial charge on any atom is 0.393 e. The number of aromatic carboxylic acids is 1. The van der Waals surface area contributed by atoms with E-state index < -0.39 is 18.1 Å². The van der Waals surface area contributed by atoms with Crippen molar-refractivity contribution in [1.29, 1.82) is 0 Å². The molecule has 1 unspecified atom stereocenters. The molecule has 0 aromatic carbocycles. The van der Waals surface area contributed by atoms with Crippen LogP contribution in [0, 0.1) is 5.92 Å². The number of alkyl halides is 3. The van der Waals surface area contributed by atoms with Crippen LogP contribution in [-0.2, 0) is 0 Å². The van der Waals surface area contributed by atoms with E-state index in [0.29, 0.717) is 18.8 Å². The molecule has 0 spiro atoms. The number of halogens is 3. The van der Waals surface area contributed by atoms with Gasteiger partial charge in [-0.3, -0.25) is 0 Å². The number of hydrogen-bond donors (Lipinski definition) is 1. The number of piperidine rings is 1. The fourth-order valence-corrected chi connectivity index (χ4v) is 2.15. The summed E-state index contributed by atoms with van der Waals surface area (Å²) >= 11 is 0. The number of hydrogen-bond acceptors (Lipinski definition) is 3. The molecule has 19 heavy (non-hydrogen) atoms. The largest absolute Gasteiger partial charge is 0.478 e. The third-order valence-electron chi connectivity index (χ3n) is 3.20. The van der Waals surface area contributed by atoms with E-state index in [0.717, 1.165) is 6.20 Å². The van der Waals surface area contributed by atoms with Gasteiger partial charge in [0.1, 0.15) is 5.82 Å². The highest BCUT2D eigenvalue weighted by molar-refractivity contribution is 5.87. The van der Waals surface area contributed by atoms with Gasteiger partial charge in [0.25, 0.3) is 0 Å². The Balaban J connectivity index is 2.11. The second kappa shape index (κ2) is 5.07. The molecule has 7 heteroatoms. The second-order valence-electron chi connectivity index (χ2n) is 4.54. The lowest BCUT2D eigenvalue weighted by molar-refractivity contribution is -0.176. The quantitative estimate of drug-likeness (QED) is 0.900. The van der Waals surface area contributed by atoms with Gasteiger partial charge in [-0.25, -0.2) is 9.78 Å². The molecule has 0 aliphatic carbocycles. The summed E-state index contributed by atoms with van der Waals surface area (Å²) in [6, 6.07) is 2.80. The normalized spacial score (nSPS) is 20.4. The van der Waals surface area contributed by atoms with Gasteiger partial charge in [0.2, 0.25) is 0 Å². The van der Waals surface area contributed by atoms with Gasteiger partial charge in [-0.15, -0.1) is 0 Å². The number of aromatic nitrogens is 1. The van der Waals surface area contributed by atoms with Gasteiger partial charge in [0.05, 0.1) is 11.5 Å². The Morgan fingerprint density at radius 2 is 2.16 bits per heavy atom. The molecule has 2 heterocycles. The molecule has 0 saturated carbocycles. The summed E-state index contributed by atoms with van der Waals surface area (Å²) in [6.07, 6.45) is -2.45. The van der Waals surface area contributed by atoms with Crippen LogP contribution >= 0.6 is 0 Å². The molecule has 2 rings (SSSR count). The molecule has 1 aromatic heterocycles. The fourth-order valence-electron chi connectivity index (χ4n) is 2.15. The van der Waals surface area contributed by atoms with Crippen LogP contribution in [0.15, 0.2) is 18.3 Å². The molecule has 0 amide bonds. The molecule has 0 bridgehead atoms. The number of carboxylic acids is 1. The highest BCUT2D eigenvalue weighted by Gasteiger charge is 2.42. The highest BCUT2D eigenvalue weighted by atomic mass is 19.4. The van der Waals surface area contributed by atoms with Crippen LogP contribution in [0.3, 0.4) is 0 Å². The van der Waals surface area contributed by atoms with E-state index in [4.69, 9.17) is 5.11 Å². The molecule has 4 nitrogen and oxygen atoms in total. The molecule has 104 valence electrons. The monoisotopic (exact) mass is 274 g/mol. The molecule has 1 atom stereocenters. The summed E-state index contributed by atoms with van der Waals surface area (Å²) in [4.78, 5) is 16.1. The van der Waals surface area contributed by atoms with Gasteiger partial charge in [0.15, 0.2) is 0 Å². The number of carboxylic acid groups (broad SMARTS) is 1. The Hall–Kier alpha value is -1.79. The molecule has 1 fully saturated rings. The average Bonchev–Trinajstić information content (AvgIpc) is 2.38. The minimum absolute atomic E-state index is 0.0214. The van der Waals surface area contributed by atoms with Crippen molar-refractivity contribution < 1.29 is 23.1 Å². The summed E-state index contributed by atoms with van der Waals surface area (Å²) in [7, 11) is 0. The van der Waals surface area contributed by atoms with Crippen molar-refractivity contribution in [3.63, 3.8) is 0 Å². The van der Waals surface area contributed by atoms with Crippen LogP contribution < -0.4 is 4.90 Å². The van der Waals surface area contributed by atoms with Crippen LogP contribution in [0.4, 0.5) is 19.0 Å². The van der Waals surface area contributed by atoms with Crippen molar-refractivity contribution in [2.75, 3.05) is 18.0 Å². The van der Waals surface area contributed by atoms with Crippen molar-refractivity contribution in [3.8, 4) is 0 Å². The van der Waals surface area contributed by atoms with Crippen molar-refractivity contribution in [2.45, 2.75) is 19.0 Å². The van der Waals surface area contributed by atoms with Crippen molar-refractivity contribution in [1.82, 2.24) is 4.98 Å². The molecule has 1 N–H and O–H groups in total. The Kier molecular flexibility index (Phi) is 3.64. The van der Waals surface area contributed by atoms with Crippen molar-refractivity contribution in [2.24, 2.45) is 5.92 Å². The average molecular weight is 274 g/mol. The predicted molar refractivity (Wildman–Crippen MR) is 62.2 cm³/mol. The molecule has 0 radical (unpaired) electrons. The molecule has 1 aliphatic heterocycles. The van der Waals surface area contributed by atoms with Gasteiger partial charge < -0.3 is 10.0 Å². The number of rotatable bonds is 2. The van der Waals surface area contributed by atoms with E-state index in [9.17, 15) is 18.0 Å². The van der Waals surface area contributed by atoms with E-state index >= 15 is 0 Å². The Morgan fingerprint density at radius 1 is 1.42 bits per heavy atom. The SMILES string of the molecule is O=C(O)c1ccc(N2CCCC(C(F)(F)F)C2)nc1. The molecule has 1 saturated heterocycles. The minimum atomic E-state index is -4.19. The van der Waals surface area contributed by atoms with Crippen LogP contribution in [-0.4, -0.2) is 35.3 Å². The maximum absolute atomic E-state index is 12.7. The zero-order valence-electron chi connectivity index (χ0n) is 10.0. The van der Waals surface area contributed by atoms with Crippen LogP contribution in [0.1, 0.15) is 23.2 Å². The lowest BCUT2D eigenvalue weighted by atomic mass is 9.97. The summed E-state index contributed by atoms with van der Waals surface area (Å²) in [5.74, 6) is -2.06. The molecular weight excluding hydrogens is 261 g/mol. The summed E-state index contributed by atoms with van der Waals surface area (Å²) in [5.41, 5.74) is 0.0214. The minimum Gasteiger partial charge on any atom is -0.478 e. The Bertz CT molecular complexity index is 459. The van der Waals surface area contributed by atoms with Crippen LogP contribution in [0.2, 0.25) is 0 Å². The maximum atomic E-state index is 12.7. The molecular formula is C12H13F3N2O2. The first-order valence-corrected chi connectivity index (χ1v) is 5.89. The van der Waals surface area contributed by atoms with Crippen molar-refractivity contribution in [3.05, 3.63) is 23.9 Å². The van der Waals surface area contributed by atoms with Gasteiger partial charge in [-0.05, 0) is 25.0 Å². The topological polar surface area (TPSA) is 53.4 Å². The van der Waals surface area contributed by atoms with E-state index in [1.807, 2.05) is 0 Å². The number of anilines is 1. The highest BCUT2D eigenvalue weighted by Crippen LogP contribution is 2.34. The number of pyridine rings is 1. The number of nitrogens with zero attached hydrogens (tertiary/aromatic N) is 2. The Morgan fingerprint density at radius 3 is 2.68 bits per heavy atom. The van der Waals surface area contributed by atoms with Crippen LogP contribution in [0.25, 0.3) is 0 Å². The second-order valence-corrected chi connectivity index (χ2v) is 4.54. The first-order valence-electron chi connectivity index (χ1n) is 5.89. The fraction of sp³-hybridized carbons (Fsp3) is 0.500. The third-order valence-corrected chi connectivity index (χ3v) is 3.20. The zero-order valence-corrected chi connectivity index (χ0v) is 10.0. The summed E-state index contributed by atoms with van der Waals surface area (Å²) < 4.78 is 38.0. The predicted octanol–water partition coefficient (Wildman–Crippen LogP) is 2.56. The van der Waals surface area contributed by atoms with Gasteiger partial charge >= 0.3 is 12.1 Å². The van der Waals surface area contributed by atoms with E-state index in [2.05, 4.69) is 4.98 Å². The summed E-state index contributed by atoms with van der Waals surface area (Å²) in [6.45, 7) is 0.384. The zero-order chi connectivity index (χ0) is 14.0. The first-order chi connectivity index (χ1) is 8.88. The van der Waals surface area contributed by atoms with Gasteiger partial charge in [0, 0.05) is 19.3 Å². The molecule has 1 aliphatic rings. The van der Waals surface area contributed by atoms with E-state index in [1.165, 1.54) is 12.1 Å². The molecule has 1 aromatic rings. The van der Waals surface area contributed by atoms with E-state index in [1.54, 1.807) is 4.90 Å². The van der Waals surface area contributed by atoms with Crippen LogP contribution in [0.5, 0.6) is 0 Å². The van der Waals surface area contributed by atoms with Crippen molar-refractivity contribution >= 4 is 11.8 Å². The standard InChI is InChI=1S/C12H13F3N2O2/c13-12(14,15)9-2-1-5-17(7-9)10-4-3-8(6-16-10)11(18)19/h3-4,6,9H,1-2,5,7H2,(H,18,19). The lowest BCUT2D eigenvalue weighted by Gasteiger charge is -2.34. The third kappa shape index (κ3) is 3.15. The van der Waals surface area contributed by atoms with Gasteiger partial charge in [-0.1, -0.05) is 0 Å². The number of carbonyl (C=O) groups is 1. The lowest BCUT2D eigenvalue weighted by Crippen LogP contribution is -2.42. The first kappa shape index (κ1) is 13.6.